The molecular weight excluding hydrogens is 320 g/mol. The Morgan fingerprint density at radius 2 is 1.35 bits per heavy atom. The van der Waals surface area contributed by atoms with Crippen molar-refractivity contribution in [2.24, 2.45) is 0 Å². The molecule has 4 heteroatoms. The molecule has 134 valence electrons. The zero-order chi connectivity index (χ0) is 17.6. The van der Waals surface area contributed by atoms with Gasteiger partial charge in [-0.1, -0.05) is 60.7 Å². The molecule has 0 radical (unpaired) electrons. The maximum absolute atomic E-state index is 4.30. The summed E-state index contributed by atoms with van der Waals surface area (Å²) >= 11 is 0. The maximum atomic E-state index is 4.30. The fourth-order valence-corrected chi connectivity index (χ4v) is 3.81. The molecule has 0 amide bonds. The summed E-state index contributed by atoms with van der Waals surface area (Å²) in [6.07, 6.45) is 3.89. The molecule has 0 aliphatic carbocycles. The van der Waals surface area contributed by atoms with Gasteiger partial charge in [-0.25, -0.2) is 0 Å². The smallest absolute Gasteiger partial charge is 0.0602 e. The number of nitrogens with zero attached hydrogens (tertiary/aromatic N) is 4. The van der Waals surface area contributed by atoms with Crippen molar-refractivity contribution in [3.05, 3.63) is 90.3 Å². The van der Waals surface area contributed by atoms with Crippen LogP contribution in [-0.2, 0) is 6.54 Å². The van der Waals surface area contributed by atoms with Crippen LogP contribution < -0.4 is 0 Å². The minimum atomic E-state index is 0.339. The van der Waals surface area contributed by atoms with Crippen molar-refractivity contribution in [3.8, 4) is 0 Å². The Bertz CT molecular complexity index is 723. The molecule has 0 atom stereocenters. The SMILES string of the molecule is c1ccc(C(c2ccccc2)N2CCN(CCn3cccn3)CC2)cc1. The van der Waals surface area contributed by atoms with Crippen molar-refractivity contribution < 1.29 is 0 Å². The molecule has 3 aromatic rings. The molecule has 2 aromatic carbocycles. The van der Waals surface area contributed by atoms with Crippen LogP contribution in [0.5, 0.6) is 0 Å². The molecule has 0 spiro atoms. The van der Waals surface area contributed by atoms with Gasteiger partial charge < -0.3 is 0 Å². The molecule has 1 aromatic heterocycles. The summed E-state index contributed by atoms with van der Waals surface area (Å²) < 4.78 is 2.02. The highest BCUT2D eigenvalue weighted by molar-refractivity contribution is 5.31. The highest BCUT2D eigenvalue weighted by atomic mass is 15.3. The molecule has 4 nitrogen and oxygen atoms in total. The summed E-state index contributed by atoms with van der Waals surface area (Å²) in [6.45, 7) is 6.43. The quantitative estimate of drug-likeness (QED) is 0.684. The van der Waals surface area contributed by atoms with Gasteiger partial charge in [-0.15, -0.1) is 0 Å². The summed E-state index contributed by atoms with van der Waals surface area (Å²) in [5.41, 5.74) is 2.76. The lowest BCUT2D eigenvalue weighted by Crippen LogP contribution is -2.48. The van der Waals surface area contributed by atoms with E-state index in [1.165, 1.54) is 11.1 Å². The van der Waals surface area contributed by atoms with Crippen LogP contribution in [-0.4, -0.2) is 52.3 Å². The van der Waals surface area contributed by atoms with Crippen molar-refractivity contribution in [2.45, 2.75) is 12.6 Å². The second-order valence-electron chi connectivity index (χ2n) is 6.87. The van der Waals surface area contributed by atoms with Crippen LogP contribution in [0.15, 0.2) is 79.1 Å². The van der Waals surface area contributed by atoms with E-state index >= 15 is 0 Å². The van der Waals surface area contributed by atoms with Crippen LogP contribution in [0, 0.1) is 0 Å². The summed E-state index contributed by atoms with van der Waals surface area (Å²) in [7, 11) is 0. The Morgan fingerprint density at radius 1 is 0.731 bits per heavy atom. The predicted octanol–water partition coefficient (Wildman–Crippen LogP) is 3.29. The van der Waals surface area contributed by atoms with E-state index in [9.17, 15) is 0 Å². The first kappa shape index (κ1) is 17.0. The number of hydrogen-bond acceptors (Lipinski definition) is 3. The van der Waals surface area contributed by atoms with Crippen LogP contribution in [0.4, 0.5) is 0 Å². The Kier molecular flexibility index (Phi) is 5.43. The van der Waals surface area contributed by atoms with Gasteiger partial charge in [-0.2, -0.15) is 5.10 Å². The Morgan fingerprint density at radius 3 is 1.88 bits per heavy atom. The van der Waals surface area contributed by atoms with Crippen LogP contribution in [0.25, 0.3) is 0 Å². The number of benzene rings is 2. The molecule has 4 rings (SSSR count). The molecule has 0 bridgehead atoms. The van der Waals surface area contributed by atoms with Gasteiger partial charge in [0.1, 0.15) is 0 Å². The molecule has 1 aliphatic heterocycles. The summed E-state index contributed by atoms with van der Waals surface area (Å²) in [5, 5.41) is 4.30. The van der Waals surface area contributed by atoms with Gasteiger partial charge in [-0.05, 0) is 17.2 Å². The minimum Gasteiger partial charge on any atom is -0.299 e. The van der Waals surface area contributed by atoms with Crippen molar-refractivity contribution in [2.75, 3.05) is 32.7 Å². The summed E-state index contributed by atoms with van der Waals surface area (Å²) in [6, 6.07) is 24.1. The zero-order valence-corrected chi connectivity index (χ0v) is 15.1. The lowest BCUT2D eigenvalue weighted by atomic mass is 9.96. The first-order chi connectivity index (χ1) is 12.9. The van der Waals surface area contributed by atoms with Crippen LogP contribution in [0.2, 0.25) is 0 Å². The number of aromatic nitrogens is 2. The molecule has 0 saturated carbocycles. The third-order valence-electron chi connectivity index (χ3n) is 5.21. The van der Waals surface area contributed by atoms with Gasteiger partial charge >= 0.3 is 0 Å². The van der Waals surface area contributed by atoms with Gasteiger partial charge in [0.25, 0.3) is 0 Å². The van der Waals surface area contributed by atoms with E-state index in [-0.39, 0.29) is 0 Å². The van der Waals surface area contributed by atoms with E-state index in [4.69, 9.17) is 0 Å². The predicted molar refractivity (Wildman–Crippen MR) is 105 cm³/mol. The number of hydrogen-bond donors (Lipinski definition) is 0. The highest BCUT2D eigenvalue weighted by Gasteiger charge is 2.26. The second-order valence-corrected chi connectivity index (χ2v) is 6.87. The van der Waals surface area contributed by atoms with E-state index in [2.05, 4.69) is 75.6 Å². The first-order valence-electron chi connectivity index (χ1n) is 9.44. The average molecular weight is 346 g/mol. The molecule has 1 saturated heterocycles. The zero-order valence-electron chi connectivity index (χ0n) is 15.1. The van der Waals surface area contributed by atoms with Gasteiger partial charge in [0.2, 0.25) is 0 Å². The van der Waals surface area contributed by atoms with E-state index in [0.29, 0.717) is 6.04 Å². The van der Waals surface area contributed by atoms with Gasteiger partial charge in [0.15, 0.2) is 0 Å². The molecule has 0 N–H and O–H groups in total. The van der Waals surface area contributed by atoms with E-state index in [0.717, 1.165) is 39.3 Å². The van der Waals surface area contributed by atoms with Crippen molar-refractivity contribution >= 4 is 0 Å². The van der Waals surface area contributed by atoms with Crippen LogP contribution in [0.1, 0.15) is 17.2 Å². The Hall–Kier alpha value is -2.43. The lowest BCUT2D eigenvalue weighted by molar-refractivity contribution is 0.106. The third-order valence-corrected chi connectivity index (χ3v) is 5.21. The molecule has 26 heavy (non-hydrogen) atoms. The van der Waals surface area contributed by atoms with Gasteiger partial charge in [0.05, 0.1) is 12.6 Å². The van der Waals surface area contributed by atoms with Gasteiger partial charge in [0, 0.05) is 45.1 Å². The highest BCUT2D eigenvalue weighted by Crippen LogP contribution is 2.29. The summed E-state index contributed by atoms with van der Waals surface area (Å²) in [5.74, 6) is 0. The van der Waals surface area contributed by atoms with Crippen molar-refractivity contribution in [1.82, 2.24) is 19.6 Å². The molecule has 1 fully saturated rings. The summed E-state index contributed by atoms with van der Waals surface area (Å²) in [4.78, 5) is 5.17. The second kappa shape index (κ2) is 8.30. The van der Waals surface area contributed by atoms with Crippen LogP contribution >= 0.6 is 0 Å². The normalized spacial score (nSPS) is 16.2. The molecule has 1 aliphatic rings. The Balaban J connectivity index is 1.43. The lowest BCUT2D eigenvalue weighted by Gasteiger charge is -2.39. The Labute approximate surface area is 155 Å². The topological polar surface area (TPSA) is 24.3 Å². The van der Waals surface area contributed by atoms with Crippen molar-refractivity contribution in [1.29, 1.82) is 0 Å². The maximum Gasteiger partial charge on any atom is 0.0602 e. The van der Waals surface area contributed by atoms with Crippen LogP contribution in [0.3, 0.4) is 0 Å². The largest absolute Gasteiger partial charge is 0.299 e. The molecule has 2 heterocycles. The fourth-order valence-electron chi connectivity index (χ4n) is 3.81. The fraction of sp³-hybridized carbons (Fsp3) is 0.318. The van der Waals surface area contributed by atoms with E-state index in [1.54, 1.807) is 0 Å². The van der Waals surface area contributed by atoms with Crippen molar-refractivity contribution in [3.63, 3.8) is 0 Å². The monoisotopic (exact) mass is 346 g/mol. The molecular formula is C22H26N4. The minimum absolute atomic E-state index is 0.339. The van der Waals surface area contributed by atoms with E-state index < -0.39 is 0 Å². The average Bonchev–Trinajstić information content (AvgIpc) is 3.23. The third kappa shape index (κ3) is 4.03. The number of piperazine rings is 1. The molecule has 0 unspecified atom stereocenters. The first-order valence-corrected chi connectivity index (χ1v) is 9.44. The number of rotatable bonds is 6. The standard InChI is InChI=1S/C22H26N4/c1-3-8-20(9-4-1)22(21-10-5-2-6-11-21)25-17-14-24(15-18-25)16-19-26-13-7-12-23-26/h1-13,22H,14-19H2. The van der Waals surface area contributed by atoms with Gasteiger partial charge in [-0.3, -0.25) is 14.5 Å². The van der Waals surface area contributed by atoms with E-state index in [1.807, 2.05) is 23.1 Å².